The van der Waals surface area contributed by atoms with Gasteiger partial charge in [0.25, 0.3) is 0 Å². The fourth-order valence-electron chi connectivity index (χ4n) is 4.94. The predicted octanol–water partition coefficient (Wildman–Crippen LogP) is 5.40. The molecule has 136 valence electrons. The summed E-state index contributed by atoms with van der Waals surface area (Å²) in [5, 5.41) is 3.28. The molecule has 0 N–H and O–H groups in total. The third-order valence-corrected chi connectivity index (χ3v) is 10.8. The molecular weight excluding hydrogens is 328 g/mol. The molecule has 0 spiro atoms. The van der Waals surface area contributed by atoms with E-state index in [2.05, 4.69) is 97.9 Å². The van der Waals surface area contributed by atoms with Crippen LogP contribution in [0.25, 0.3) is 0 Å². The van der Waals surface area contributed by atoms with Crippen LogP contribution in [0.1, 0.15) is 51.3 Å². The zero-order valence-electron chi connectivity index (χ0n) is 17.6. The Morgan fingerprint density at radius 3 is 1.62 bits per heavy atom. The van der Waals surface area contributed by atoms with Gasteiger partial charge in [-0.2, -0.15) is 0 Å². The Morgan fingerprint density at radius 2 is 1.12 bits per heavy atom. The van der Waals surface area contributed by atoms with Gasteiger partial charge in [0.1, 0.15) is 8.80 Å². The lowest BCUT2D eigenvalue weighted by molar-refractivity contribution is 0.824. The van der Waals surface area contributed by atoms with Crippen molar-refractivity contribution in [3.8, 4) is 0 Å². The predicted molar refractivity (Wildman–Crippen MR) is 119 cm³/mol. The Hall–Kier alpha value is -1.86. The van der Waals surface area contributed by atoms with E-state index >= 15 is 0 Å². The zero-order valence-corrected chi connectivity index (χ0v) is 18.8. The summed E-state index contributed by atoms with van der Waals surface area (Å²) in [6.07, 6.45) is 0. The number of rotatable bonds is 3. The smallest absolute Gasteiger partial charge is 0.0629 e. The van der Waals surface area contributed by atoms with Crippen molar-refractivity contribution >= 4 is 19.2 Å². The van der Waals surface area contributed by atoms with Gasteiger partial charge in [-0.05, 0) is 59.6 Å². The highest BCUT2D eigenvalue weighted by molar-refractivity contribution is 6.88. The molecule has 1 aliphatic rings. The highest BCUT2D eigenvalue weighted by Crippen LogP contribution is 2.53. The van der Waals surface area contributed by atoms with E-state index in [0.717, 1.165) is 0 Å². The van der Waals surface area contributed by atoms with Crippen LogP contribution >= 0.6 is 0 Å². The van der Waals surface area contributed by atoms with Crippen LogP contribution in [0, 0.1) is 20.8 Å². The van der Waals surface area contributed by atoms with E-state index in [-0.39, 0.29) is 5.04 Å². The molecule has 26 heavy (non-hydrogen) atoms. The van der Waals surface area contributed by atoms with Gasteiger partial charge in [0.05, 0.1) is 0 Å². The van der Waals surface area contributed by atoms with Gasteiger partial charge in [-0.25, -0.2) is 0 Å². The van der Waals surface area contributed by atoms with Crippen LogP contribution in [-0.2, 0) is 0 Å². The van der Waals surface area contributed by atoms with Gasteiger partial charge in [0.15, 0.2) is 0 Å². The number of hydrogen-bond acceptors (Lipinski definition) is 0. The first-order chi connectivity index (χ1) is 12.2. The summed E-state index contributed by atoms with van der Waals surface area (Å²) in [4.78, 5) is 0. The Balaban J connectivity index is 2.32. The minimum absolute atomic E-state index is 0.155. The molecule has 2 aromatic carbocycles. The molecule has 0 aliphatic heterocycles. The summed E-state index contributed by atoms with van der Waals surface area (Å²) in [5.41, 5.74) is 10.3. The summed E-state index contributed by atoms with van der Waals surface area (Å²) < 4.78 is 0. The molecule has 0 radical (unpaired) electrons. The lowest BCUT2D eigenvalue weighted by Gasteiger charge is -2.38. The topological polar surface area (TPSA) is 0 Å². The monoisotopic (exact) mass is 360 g/mol. The Bertz CT molecular complexity index is 883. The van der Waals surface area contributed by atoms with Crippen molar-refractivity contribution in [3.63, 3.8) is 0 Å². The molecule has 0 aromatic heterocycles. The highest BCUT2D eigenvalue weighted by Gasteiger charge is 2.45. The zero-order chi connectivity index (χ0) is 19.2. The standard InChI is InChI=1S/C25H32Si/c1-16-10-9-11-23(13-16)26(24-14-17(2)12-18(3)15-24)25(8)21(6)19(4)20(5)22(25)7/h9-15,26H,1-8H3. The highest BCUT2D eigenvalue weighted by atomic mass is 28.3. The van der Waals surface area contributed by atoms with Crippen LogP contribution in [0.5, 0.6) is 0 Å². The minimum Gasteiger partial charge on any atom is -0.0629 e. The van der Waals surface area contributed by atoms with Gasteiger partial charge in [0, 0.05) is 5.04 Å². The maximum absolute atomic E-state index is 2.51. The van der Waals surface area contributed by atoms with Gasteiger partial charge in [-0.1, -0.05) is 87.6 Å². The molecule has 0 fully saturated rings. The van der Waals surface area contributed by atoms with Crippen LogP contribution in [-0.4, -0.2) is 8.80 Å². The van der Waals surface area contributed by atoms with E-state index < -0.39 is 8.80 Å². The van der Waals surface area contributed by atoms with Gasteiger partial charge >= 0.3 is 0 Å². The molecule has 0 bridgehead atoms. The number of benzene rings is 2. The second kappa shape index (κ2) is 6.70. The molecule has 1 atom stereocenters. The van der Waals surface area contributed by atoms with Gasteiger partial charge in [-0.15, -0.1) is 0 Å². The van der Waals surface area contributed by atoms with Crippen LogP contribution in [0.15, 0.2) is 64.8 Å². The second-order valence-electron chi connectivity index (χ2n) is 8.47. The average Bonchev–Trinajstić information content (AvgIpc) is 2.71. The SMILES string of the molecule is CC1=C(C)C(C)([SiH](c2cccc(C)c2)c2cc(C)cc(C)c2)C(C)=C1C. The molecular formula is C25H32Si. The third kappa shape index (κ3) is 2.93. The lowest BCUT2D eigenvalue weighted by Crippen LogP contribution is -2.51. The molecule has 0 nitrogen and oxygen atoms in total. The normalized spacial score (nSPS) is 17.8. The summed E-state index contributed by atoms with van der Waals surface area (Å²) in [6, 6.07) is 16.4. The second-order valence-corrected chi connectivity index (χ2v) is 11.8. The fourth-order valence-corrected chi connectivity index (χ4v) is 9.55. The lowest BCUT2D eigenvalue weighted by atomic mass is 9.98. The van der Waals surface area contributed by atoms with Crippen LogP contribution in [0.2, 0.25) is 5.04 Å². The van der Waals surface area contributed by atoms with Crippen molar-refractivity contribution in [2.24, 2.45) is 0 Å². The van der Waals surface area contributed by atoms with Crippen molar-refractivity contribution in [2.75, 3.05) is 0 Å². The molecule has 1 unspecified atom stereocenters. The molecule has 1 aliphatic carbocycles. The molecule has 0 heterocycles. The summed E-state index contributed by atoms with van der Waals surface area (Å²) in [6.45, 7) is 18.5. The maximum atomic E-state index is 2.51. The van der Waals surface area contributed by atoms with Gasteiger partial charge in [-0.3, -0.25) is 0 Å². The minimum atomic E-state index is -1.51. The van der Waals surface area contributed by atoms with Crippen LogP contribution in [0.3, 0.4) is 0 Å². The molecule has 0 saturated carbocycles. The van der Waals surface area contributed by atoms with Gasteiger partial charge in [0.2, 0.25) is 0 Å². The Morgan fingerprint density at radius 1 is 0.615 bits per heavy atom. The maximum Gasteiger partial charge on any atom is 0.116 e. The average molecular weight is 361 g/mol. The van der Waals surface area contributed by atoms with E-state index in [4.69, 9.17) is 0 Å². The Labute approximate surface area is 161 Å². The summed E-state index contributed by atoms with van der Waals surface area (Å²) in [5.74, 6) is 0. The van der Waals surface area contributed by atoms with Crippen molar-refractivity contribution in [1.29, 1.82) is 0 Å². The molecule has 3 rings (SSSR count). The Kier molecular flexibility index (Phi) is 4.87. The van der Waals surface area contributed by atoms with E-state index in [1.165, 1.54) is 27.8 Å². The summed E-state index contributed by atoms with van der Waals surface area (Å²) in [7, 11) is -1.51. The van der Waals surface area contributed by atoms with Crippen molar-refractivity contribution < 1.29 is 0 Å². The van der Waals surface area contributed by atoms with Crippen molar-refractivity contribution in [2.45, 2.75) is 60.4 Å². The first-order valence-corrected chi connectivity index (χ1v) is 11.4. The molecule has 0 amide bonds. The number of hydrogen-bond donors (Lipinski definition) is 0. The first-order valence-electron chi connectivity index (χ1n) is 9.67. The molecule has 2 aromatic rings. The van der Waals surface area contributed by atoms with Crippen LogP contribution in [0.4, 0.5) is 0 Å². The van der Waals surface area contributed by atoms with Gasteiger partial charge < -0.3 is 0 Å². The quantitative estimate of drug-likeness (QED) is 0.643. The third-order valence-electron chi connectivity index (χ3n) is 6.78. The van der Waals surface area contributed by atoms with E-state index in [1.807, 2.05) is 0 Å². The fraction of sp³-hybridized carbons (Fsp3) is 0.360. The van der Waals surface area contributed by atoms with E-state index in [9.17, 15) is 0 Å². The van der Waals surface area contributed by atoms with E-state index in [1.54, 1.807) is 21.5 Å². The molecule has 1 heteroatoms. The number of aryl methyl sites for hydroxylation is 3. The van der Waals surface area contributed by atoms with E-state index in [0.29, 0.717) is 0 Å². The van der Waals surface area contributed by atoms with Crippen molar-refractivity contribution in [3.05, 3.63) is 81.4 Å². The van der Waals surface area contributed by atoms with Crippen LogP contribution < -0.4 is 10.4 Å². The van der Waals surface area contributed by atoms with Crippen molar-refractivity contribution in [1.82, 2.24) is 0 Å². The first kappa shape index (κ1) is 18.9. The number of allylic oxidation sites excluding steroid dienone is 4. The summed E-state index contributed by atoms with van der Waals surface area (Å²) >= 11 is 0. The molecule has 0 saturated heterocycles. The largest absolute Gasteiger partial charge is 0.116 e.